The van der Waals surface area contributed by atoms with Gasteiger partial charge in [-0.1, -0.05) is 13.8 Å². The number of carbonyl (C=O) groups excluding carboxylic acids is 1. The van der Waals surface area contributed by atoms with Gasteiger partial charge in [0.15, 0.2) is 0 Å². The first-order valence-corrected chi connectivity index (χ1v) is 5.43. The van der Waals surface area contributed by atoms with Crippen LogP contribution in [0.5, 0.6) is 0 Å². The SMILES string of the molecule is CC(C)CNC(=O)CCNC(C)CC#N. The molecule has 0 rings (SSSR count). The van der Waals surface area contributed by atoms with Gasteiger partial charge in [-0.3, -0.25) is 4.79 Å². The molecule has 0 bridgehead atoms. The largest absolute Gasteiger partial charge is 0.356 e. The molecular weight excluding hydrogens is 190 g/mol. The van der Waals surface area contributed by atoms with Crippen LogP contribution in [-0.4, -0.2) is 25.0 Å². The second-order valence-electron chi connectivity index (χ2n) is 4.17. The number of amides is 1. The first-order valence-electron chi connectivity index (χ1n) is 5.43. The molecule has 2 N–H and O–H groups in total. The molecule has 0 saturated heterocycles. The third-order valence-corrected chi connectivity index (χ3v) is 1.95. The zero-order valence-electron chi connectivity index (χ0n) is 9.84. The number of carbonyl (C=O) groups is 1. The van der Waals surface area contributed by atoms with Gasteiger partial charge in [0.05, 0.1) is 12.5 Å². The standard InChI is InChI=1S/C11H21N3O/c1-9(2)8-14-11(15)5-7-13-10(3)4-6-12/h9-10,13H,4-5,7-8H2,1-3H3,(H,14,15). The average Bonchev–Trinajstić information content (AvgIpc) is 2.15. The van der Waals surface area contributed by atoms with Gasteiger partial charge in [0.25, 0.3) is 0 Å². The van der Waals surface area contributed by atoms with Crippen molar-refractivity contribution in [2.45, 2.75) is 39.7 Å². The predicted octanol–water partition coefficient (Wildman–Crippen LogP) is 1.04. The van der Waals surface area contributed by atoms with Gasteiger partial charge in [-0.2, -0.15) is 5.26 Å². The molecule has 1 amide bonds. The highest BCUT2D eigenvalue weighted by Gasteiger charge is 2.03. The molecule has 0 aliphatic carbocycles. The zero-order chi connectivity index (χ0) is 11.7. The molecule has 15 heavy (non-hydrogen) atoms. The highest BCUT2D eigenvalue weighted by atomic mass is 16.1. The van der Waals surface area contributed by atoms with Gasteiger partial charge in [-0.25, -0.2) is 0 Å². The van der Waals surface area contributed by atoms with E-state index in [1.807, 2.05) is 6.92 Å². The van der Waals surface area contributed by atoms with Crippen molar-refractivity contribution in [2.75, 3.05) is 13.1 Å². The minimum atomic E-state index is 0.0698. The third kappa shape index (κ3) is 9.23. The topological polar surface area (TPSA) is 64.9 Å². The van der Waals surface area contributed by atoms with Crippen LogP contribution in [-0.2, 0) is 4.79 Å². The van der Waals surface area contributed by atoms with Crippen molar-refractivity contribution >= 4 is 5.91 Å². The lowest BCUT2D eigenvalue weighted by atomic mass is 10.2. The Bertz CT molecular complexity index is 220. The fraction of sp³-hybridized carbons (Fsp3) is 0.818. The van der Waals surface area contributed by atoms with Gasteiger partial charge in [-0.05, 0) is 12.8 Å². The quantitative estimate of drug-likeness (QED) is 0.661. The predicted molar refractivity (Wildman–Crippen MR) is 60.2 cm³/mol. The summed E-state index contributed by atoms with van der Waals surface area (Å²) in [6.45, 7) is 7.43. The number of nitriles is 1. The van der Waals surface area contributed by atoms with E-state index >= 15 is 0 Å². The van der Waals surface area contributed by atoms with E-state index in [9.17, 15) is 4.79 Å². The highest BCUT2D eigenvalue weighted by molar-refractivity contribution is 5.76. The Morgan fingerprint density at radius 3 is 2.60 bits per heavy atom. The Balaban J connectivity index is 3.43. The van der Waals surface area contributed by atoms with E-state index in [1.165, 1.54) is 0 Å². The highest BCUT2D eigenvalue weighted by Crippen LogP contribution is 1.90. The molecule has 4 nitrogen and oxygen atoms in total. The normalized spacial score (nSPS) is 12.2. The van der Waals surface area contributed by atoms with Crippen molar-refractivity contribution in [3.8, 4) is 6.07 Å². The van der Waals surface area contributed by atoms with Crippen LogP contribution >= 0.6 is 0 Å². The van der Waals surface area contributed by atoms with Crippen molar-refractivity contribution in [3.63, 3.8) is 0 Å². The van der Waals surface area contributed by atoms with Crippen LogP contribution in [0.2, 0.25) is 0 Å². The van der Waals surface area contributed by atoms with E-state index in [0.717, 1.165) is 6.54 Å². The zero-order valence-corrected chi connectivity index (χ0v) is 9.84. The summed E-state index contributed by atoms with van der Waals surface area (Å²) in [5, 5.41) is 14.4. The molecule has 1 atom stereocenters. The lowest BCUT2D eigenvalue weighted by Gasteiger charge is -2.10. The summed E-state index contributed by atoms with van der Waals surface area (Å²) in [6.07, 6.45) is 0.954. The number of rotatable bonds is 7. The summed E-state index contributed by atoms with van der Waals surface area (Å²) < 4.78 is 0. The second-order valence-corrected chi connectivity index (χ2v) is 4.17. The van der Waals surface area contributed by atoms with E-state index in [0.29, 0.717) is 25.3 Å². The second kappa shape index (κ2) is 8.25. The summed E-state index contributed by atoms with van der Waals surface area (Å²) in [5.74, 6) is 0.555. The first kappa shape index (κ1) is 13.9. The van der Waals surface area contributed by atoms with E-state index in [-0.39, 0.29) is 11.9 Å². The Morgan fingerprint density at radius 1 is 1.40 bits per heavy atom. The van der Waals surface area contributed by atoms with Gasteiger partial charge >= 0.3 is 0 Å². The molecule has 0 radical (unpaired) electrons. The van der Waals surface area contributed by atoms with Crippen molar-refractivity contribution in [2.24, 2.45) is 5.92 Å². The molecule has 0 heterocycles. The fourth-order valence-corrected chi connectivity index (χ4v) is 1.05. The van der Waals surface area contributed by atoms with Gasteiger partial charge in [0.1, 0.15) is 0 Å². The van der Waals surface area contributed by atoms with Crippen LogP contribution < -0.4 is 10.6 Å². The van der Waals surface area contributed by atoms with E-state index in [2.05, 4.69) is 30.6 Å². The minimum absolute atomic E-state index is 0.0698. The number of hydrogen-bond acceptors (Lipinski definition) is 3. The monoisotopic (exact) mass is 211 g/mol. The molecule has 0 aromatic carbocycles. The van der Waals surface area contributed by atoms with Crippen molar-refractivity contribution in [1.82, 2.24) is 10.6 Å². The Labute approximate surface area is 92.0 Å². The molecule has 0 aromatic rings. The van der Waals surface area contributed by atoms with Crippen LogP contribution in [0.15, 0.2) is 0 Å². The molecule has 0 aliphatic heterocycles. The third-order valence-electron chi connectivity index (χ3n) is 1.95. The van der Waals surface area contributed by atoms with Gasteiger partial charge < -0.3 is 10.6 Å². The summed E-state index contributed by atoms with van der Waals surface area (Å²) in [4.78, 5) is 11.3. The van der Waals surface area contributed by atoms with Crippen molar-refractivity contribution in [3.05, 3.63) is 0 Å². The average molecular weight is 211 g/mol. The number of nitrogens with one attached hydrogen (secondary N) is 2. The summed E-state index contributed by atoms with van der Waals surface area (Å²) >= 11 is 0. The Hall–Kier alpha value is -1.08. The lowest BCUT2D eigenvalue weighted by molar-refractivity contribution is -0.121. The summed E-state index contributed by atoms with van der Waals surface area (Å²) in [6, 6.07) is 2.24. The van der Waals surface area contributed by atoms with Crippen LogP contribution in [0.25, 0.3) is 0 Å². The summed E-state index contributed by atoms with van der Waals surface area (Å²) in [5.41, 5.74) is 0. The van der Waals surface area contributed by atoms with Crippen LogP contribution in [0.1, 0.15) is 33.6 Å². The van der Waals surface area contributed by atoms with E-state index in [1.54, 1.807) is 0 Å². The molecular formula is C11H21N3O. The molecule has 0 aromatic heterocycles. The Morgan fingerprint density at radius 2 is 2.07 bits per heavy atom. The molecule has 86 valence electrons. The first-order chi connectivity index (χ1) is 7.06. The molecule has 0 spiro atoms. The molecule has 0 fully saturated rings. The maximum atomic E-state index is 11.3. The smallest absolute Gasteiger partial charge is 0.221 e. The van der Waals surface area contributed by atoms with Crippen molar-refractivity contribution in [1.29, 1.82) is 5.26 Å². The Kier molecular flexibility index (Phi) is 7.65. The molecule has 0 aliphatic rings. The molecule has 1 unspecified atom stereocenters. The maximum absolute atomic E-state index is 11.3. The van der Waals surface area contributed by atoms with Gasteiger partial charge in [0.2, 0.25) is 5.91 Å². The molecule has 0 saturated carbocycles. The number of hydrogen-bond donors (Lipinski definition) is 2. The fourth-order valence-electron chi connectivity index (χ4n) is 1.05. The van der Waals surface area contributed by atoms with Gasteiger partial charge in [0, 0.05) is 25.6 Å². The van der Waals surface area contributed by atoms with E-state index < -0.39 is 0 Å². The lowest BCUT2D eigenvalue weighted by Crippen LogP contribution is -2.33. The number of nitrogens with zero attached hydrogens (tertiary/aromatic N) is 1. The van der Waals surface area contributed by atoms with Crippen molar-refractivity contribution < 1.29 is 4.79 Å². The van der Waals surface area contributed by atoms with Crippen LogP contribution in [0.3, 0.4) is 0 Å². The van der Waals surface area contributed by atoms with Crippen LogP contribution in [0, 0.1) is 17.2 Å². The van der Waals surface area contributed by atoms with E-state index in [4.69, 9.17) is 5.26 Å². The minimum Gasteiger partial charge on any atom is -0.356 e. The van der Waals surface area contributed by atoms with Gasteiger partial charge in [-0.15, -0.1) is 0 Å². The van der Waals surface area contributed by atoms with Crippen LogP contribution in [0.4, 0.5) is 0 Å². The molecule has 4 heteroatoms. The summed E-state index contributed by atoms with van der Waals surface area (Å²) in [7, 11) is 0. The maximum Gasteiger partial charge on any atom is 0.221 e.